The molecule has 4 atom stereocenters. The van der Waals surface area contributed by atoms with Gasteiger partial charge < -0.3 is 18.6 Å². The molecule has 1 aliphatic rings. The third-order valence-corrected chi connectivity index (χ3v) is 10.0. The van der Waals surface area contributed by atoms with Gasteiger partial charge in [0.2, 0.25) is 6.29 Å². The quantitative estimate of drug-likeness (QED) is 0.483. The molecule has 1 aliphatic heterocycles. The first-order valence-electron chi connectivity index (χ1n) is 9.65. The molecule has 5 nitrogen and oxygen atoms in total. The van der Waals surface area contributed by atoms with Gasteiger partial charge in [-0.05, 0) is 30.6 Å². The second-order valence-corrected chi connectivity index (χ2v) is 13.8. The summed E-state index contributed by atoms with van der Waals surface area (Å²) in [4.78, 5) is 11.4. The van der Waals surface area contributed by atoms with Gasteiger partial charge in [0.1, 0.15) is 12.2 Å². The number of ether oxygens (including phenoxy) is 3. The Morgan fingerprint density at radius 1 is 1.25 bits per heavy atom. The first-order valence-corrected chi connectivity index (χ1v) is 12.6. The lowest BCUT2D eigenvalue weighted by Gasteiger charge is -2.41. The molecule has 1 fully saturated rings. The average molecular weight is 413 g/mol. The van der Waals surface area contributed by atoms with Crippen molar-refractivity contribution < 1.29 is 27.8 Å². The Hall–Kier alpha value is -1.28. The molecule has 0 spiro atoms. The zero-order valence-corrected chi connectivity index (χ0v) is 19.0. The minimum Gasteiger partial charge on any atom is -0.432 e. The molecule has 0 radical (unpaired) electrons. The molecular formula is C21H33FO5Si. The summed E-state index contributed by atoms with van der Waals surface area (Å²) in [6.45, 7) is 13.5. The van der Waals surface area contributed by atoms with Crippen LogP contribution in [-0.2, 0) is 30.0 Å². The summed E-state index contributed by atoms with van der Waals surface area (Å²) < 4.78 is 38.7. The molecule has 28 heavy (non-hydrogen) atoms. The molecule has 0 aromatic heterocycles. The first kappa shape index (κ1) is 23.0. The molecule has 0 amide bonds. The summed E-state index contributed by atoms with van der Waals surface area (Å²) >= 11 is 0. The number of carbonyl (C=O) groups excluding carboxylic acids is 1. The van der Waals surface area contributed by atoms with Crippen LogP contribution in [0.2, 0.25) is 18.1 Å². The van der Waals surface area contributed by atoms with Gasteiger partial charge in [-0.25, -0.2) is 4.39 Å². The predicted molar refractivity (Wildman–Crippen MR) is 108 cm³/mol. The van der Waals surface area contributed by atoms with Gasteiger partial charge in [-0.15, -0.1) is 0 Å². The summed E-state index contributed by atoms with van der Waals surface area (Å²) in [7, 11) is -2.29. The lowest BCUT2D eigenvalue weighted by Crippen LogP contribution is -2.53. The van der Waals surface area contributed by atoms with Crippen LogP contribution in [0.25, 0.3) is 0 Å². The third kappa shape index (κ3) is 5.41. The number of hydrogen-bond donors (Lipinski definition) is 0. The number of benzene rings is 1. The number of esters is 1. The molecule has 0 bridgehead atoms. The fourth-order valence-corrected chi connectivity index (χ4v) is 4.20. The summed E-state index contributed by atoms with van der Waals surface area (Å²) in [5.74, 6) is -0.592. The topological polar surface area (TPSA) is 54.0 Å². The van der Waals surface area contributed by atoms with Crippen molar-refractivity contribution in [3.8, 4) is 0 Å². The van der Waals surface area contributed by atoms with E-state index in [1.165, 1.54) is 13.8 Å². The van der Waals surface area contributed by atoms with E-state index in [1.54, 1.807) is 0 Å². The van der Waals surface area contributed by atoms with E-state index in [-0.39, 0.29) is 11.6 Å². The van der Waals surface area contributed by atoms with E-state index >= 15 is 4.39 Å². The molecule has 0 aliphatic carbocycles. The molecule has 4 unspecified atom stereocenters. The average Bonchev–Trinajstić information content (AvgIpc) is 2.78. The lowest BCUT2D eigenvalue weighted by molar-refractivity contribution is -0.194. The summed E-state index contributed by atoms with van der Waals surface area (Å²) in [5, 5.41) is -0.0992. The van der Waals surface area contributed by atoms with Crippen LogP contribution in [0.1, 0.15) is 40.2 Å². The Morgan fingerprint density at radius 2 is 1.86 bits per heavy atom. The predicted octanol–water partition coefficient (Wildman–Crippen LogP) is 4.61. The number of alkyl halides is 1. The fraction of sp³-hybridized carbons (Fsp3) is 0.667. The van der Waals surface area contributed by atoms with Crippen molar-refractivity contribution in [2.75, 3.05) is 6.61 Å². The molecule has 1 aromatic carbocycles. The summed E-state index contributed by atoms with van der Waals surface area (Å²) in [6.07, 6.45) is -2.87. The van der Waals surface area contributed by atoms with Crippen LogP contribution >= 0.6 is 0 Å². The summed E-state index contributed by atoms with van der Waals surface area (Å²) in [5.41, 5.74) is -0.955. The van der Waals surface area contributed by atoms with Crippen LogP contribution < -0.4 is 0 Å². The highest BCUT2D eigenvalue weighted by molar-refractivity contribution is 6.74. The van der Waals surface area contributed by atoms with Crippen LogP contribution in [0.5, 0.6) is 0 Å². The molecule has 0 N–H and O–H groups in total. The molecule has 7 heteroatoms. The van der Waals surface area contributed by atoms with Gasteiger partial charge in [-0.3, -0.25) is 4.79 Å². The standard InChI is InChI=1S/C21H33FO5Si/c1-15(23)25-19-21(5,22)18(27-28(6,7)20(2,3)4)17(26-19)14-24-13-16-11-9-8-10-12-16/h8-12,17-19H,13-14H2,1-7H3. The van der Waals surface area contributed by atoms with E-state index < -0.39 is 38.5 Å². The van der Waals surface area contributed by atoms with Gasteiger partial charge in [0.25, 0.3) is 0 Å². The monoisotopic (exact) mass is 412 g/mol. The maximum Gasteiger partial charge on any atom is 0.305 e. The van der Waals surface area contributed by atoms with Crippen LogP contribution in [0.4, 0.5) is 4.39 Å². The zero-order valence-electron chi connectivity index (χ0n) is 18.0. The fourth-order valence-electron chi connectivity index (χ4n) is 2.83. The second kappa shape index (κ2) is 8.61. The maximum absolute atomic E-state index is 15.7. The van der Waals surface area contributed by atoms with E-state index in [9.17, 15) is 4.79 Å². The van der Waals surface area contributed by atoms with Gasteiger partial charge in [0.15, 0.2) is 14.0 Å². The molecule has 2 rings (SSSR count). The van der Waals surface area contributed by atoms with Crippen molar-refractivity contribution in [1.82, 2.24) is 0 Å². The van der Waals surface area contributed by atoms with Crippen molar-refractivity contribution >= 4 is 14.3 Å². The van der Waals surface area contributed by atoms with Gasteiger partial charge >= 0.3 is 5.97 Å². The Balaban J connectivity index is 2.15. The van der Waals surface area contributed by atoms with Gasteiger partial charge in [0, 0.05) is 6.92 Å². The molecule has 1 heterocycles. The molecule has 158 valence electrons. The number of halogens is 1. The highest BCUT2D eigenvalue weighted by Crippen LogP contribution is 2.44. The second-order valence-electron chi connectivity index (χ2n) is 9.07. The SMILES string of the molecule is CC(=O)OC1OC(COCc2ccccc2)C(O[Si](C)(C)C(C)(C)C)C1(C)F. The Bertz CT molecular complexity index is 657. The zero-order chi connectivity index (χ0) is 21.2. The first-order chi connectivity index (χ1) is 12.8. The minimum absolute atomic E-state index is 0.0992. The third-order valence-electron chi connectivity index (χ3n) is 5.55. The van der Waals surface area contributed by atoms with E-state index in [0.717, 1.165) is 5.56 Å². The molecule has 1 aromatic rings. The smallest absolute Gasteiger partial charge is 0.305 e. The highest BCUT2D eigenvalue weighted by Gasteiger charge is 2.59. The number of hydrogen-bond acceptors (Lipinski definition) is 5. The summed E-state index contributed by atoms with van der Waals surface area (Å²) in [6, 6.07) is 9.72. The Kier molecular flexibility index (Phi) is 7.07. The highest BCUT2D eigenvalue weighted by atomic mass is 28.4. The Labute approximate surface area is 168 Å². The van der Waals surface area contributed by atoms with Crippen molar-refractivity contribution in [3.05, 3.63) is 35.9 Å². The van der Waals surface area contributed by atoms with Crippen LogP contribution in [0, 0.1) is 0 Å². The van der Waals surface area contributed by atoms with Gasteiger partial charge in [-0.1, -0.05) is 51.1 Å². The lowest BCUT2D eigenvalue weighted by atomic mass is 10.00. The van der Waals surface area contributed by atoms with Crippen LogP contribution in [0.15, 0.2) is 30.3 Å². The Morgan fingerprint density at radius 3 is 2.39 bits per heavy atom. The van der Waals surface area contributed by atoms with Crippen molar-refractivity contribution in [1.29, 1.82) is 0 Å². The van der Waals surface area contributed by atoms with E-state index in [2.05, 4.69) is 33.9 Å². The normalized spacial score (nSPS) is 28.4. The van der Waals surface area contributed by atoms with Crippen molar-refractivity contribution in [2.24, 2.45) is 0 Å². The molecule has 0 saturated carbocycles. The van der Waals surface area contributed by atoms with E-state index in [4.69, 9.17) is 18.6 Å². The number of carbonyl (C=O) groups is 1. The minimum atomic E-state index is -2.29. The van der Waals surface area contributed by atoms with Crippen LogP contribution in [0.3, 0.4) is 0 Å². The van der Waals surface area contributed by atoms with E-state index in [0.29, 0.717) is 6.61 Å². The largest absolute Gasteiger partial charge is 0.432 e. The maximum atomic E-state index is 15.7. The molecular weight excluding hydrogens is 379 g/mol. The number of rotatable bonds is 7. The van der Waals surface area contributed by atoms with Crippen molar-refractivity contribution in [2.45, 2.75) is 83.5 Å². The van der Waals surface area contributed by atoms with Crippen molar-refractivity contribution in [3.63, 3.8) is 0 Å². The van der Waals surface area contributed by atoms with Gasteiger partial charge in [0.05, 0.1) is 13.2 Å². The van der Waals surface area contributed by atoms with E-state index in [1.807, 2.05) is 30.3 Å². The van der Waals surface area contributed by atoms with Crippen LogP contribution in [-0.4, -0.2) is 45.1 Å². The van der Waals surface area contributed by atoms with Gasteiger partial charge in [-0.2, -0.15) is 0 Å². The molecule has 1 saturated heterocycles.